The van der Waals surface area contributed by atoms with Gasteiger partial charge >= 0.3 is 0 Å². The highest BCUT2D eigenvalue weighted by atomic mass is 79.9. The van der Waals surface area contributed by atoms with Gasteiger partial charge in [0.15, 0.2) is 0 Å². The predicted molar refractivity (Wildman–Crippen MR) is 81.6 cm³/mol. The highest BCUT2D eigenvalue weighted by molar-refractivity contribution is 9.10. The molecule has 0 aromatic carbocycles. The topological polar surface area (TPSA) is 55.9 Å². The first-order chi connectivity index (χ1) is 9.05. The molecule has 1 aromatic heterocycles. The molecule has 0 aliphatic heterocycles. The Morgan fingerprint density at radius 1 is 1.47 bits per heavy atom. The molecule has 1 unspecified atom stereocenters. The fourth-order valence-electron chi connectivity index (χ4n) is 3.50. The van der Waals surface area contributed by atoms with Gasteiger partial charge in [0.05, 0.1) is 22.4 Å². The smallest absolute Gasteiger partial charge is 0.0717 e. The second-order valence-electron chi connectivity index (χ2n) is 5.94. The summed E-state index contributed by atoms with van der Waals surface area (Å²) in [5.74, 6) is 5.93. The van der Waals surface area contributed by atoms with Crippen LogP contribution < -0.4 is 11.3 Å². The van der Waals surface area contributed by atoms with Crippen LogP contribution in [0.25, 0.3) is 0 Å². The van der Waals surface area contributed by atoms with Crippen LogP contribution in [0.4, 0.5) is 0 Å². The summed E-state index contributed by atoms with van der Waals surface area (Å²) in [6.07, 6.45) is 8.14. The van der Waals surface area contributed by atoms with Gasteiger partial charge in [0, 0.05) is 6.04 Å². The molecule has 1 aliphatic carbocycles. The first-order valence-electron chi connectivity index (χ1n) is 7.24. The third kappa shape index (κ3) is 2.60. The van der Waals surface area contributed by atoms with Crippen molar-refractivity contribution in [2.24, 2.45) is 11.3 Å². The molecule has 4 nitrogen and oxygen atoms in total. The lowest BCUT2D eigenvalue weighted by atomic mass is 9.75. The predicted octanol–water partition coefficient (Wildman–Crippen LogP) is 3.70. The summed E-state index contributed by atoms with van der Waals surface area (Å²) in [4.78, 5) is 0. The number of nitrogens with zero attached hydrogens (tertiary/aromatic N) is 2. The normalized spacial score (nSPS) is 20.1. The molecule has 0 saturated heterocycles. The van der Waals surface area contributed by atoms with E-state index in [2.05, 4.69) is 51.9 Å². The number of hydrogen-bond donors (Lipinski definition) is 2. The van der Waals surface area contributed by atoms with Crippen LogP contribution in [-0.2, 0) is 0 Å². The Kier molecular flexibility index (Phi) is 4.69. The molecule has 0 bridgehead atoms. The van der Waals surface area contributed by atoms with Gasteiger partial charge in [-0.05, 0) is 54.5 Å². The van der Waals surface area contributed by atoms with Crippen LogP contribution in [0, 0.1) is 5.41 Å². The molecule has 1 atom stereocenters. The van der Waals surface area contributed by atoms with E-state index in [1.54, 1.807) is 0 Å². The van der Waals surface area contributed by atoms with E-state index in [1.165, 1.54) is 31.4 Å². The third-order valence-corrected chi connectivity index (χ3v) is 5.24. The minimum atomic E-state index is 0.166. The number of nitrogens with two attached hydrogens (primary N) is 1. The summed E-state index contributed by atoms with van der Waals surface area (Å²) in [6.45, 7) is 6.59. The second-order valence-corrected chi connectivity index (χ2v) is 6.79. The molecule has 2 rings (SSSR count). The highest BCUT2D eigenvalue weighted by Crippen LogP contribution is 2.51. The van der Waals surface area contributed by atoms with Crippen molar-refractivity contribution in [2.75, 3.05) is 0 Å². The SMILES string of the molecule is CCC1(C(NN)c2c(Br)cnn2C(C)C)CCCC1. The van der Waals surface area contributed by atoms with Gasteiger partial charge in [0.2, 0.25) is 0 Å². The minimum Gasteiger partial charge on any atom is -0.271 e. The summed E-state index contributed by atoms with van der Waals surface area (Å²) in [7, 11) is 0. The molecule has 108 valence electrons. The lowest BCUT2D eigenvalue weighted by Crippen LogP contribution is -2.41. The minimum absolute atomic E-state index is 0.166. The van der Waals surface area contributed by atoms with Crippen LogP contribution in [0.1, 0.15) is 70.7 Å². The standard InChI is InChI=1S/C14H25BrN4/c1-4-14(7-5-6-8-14)13(18-16)12-11(15)9-17-19(12)10(2)3/h9-10,13,18H,4-8,16H2,1-3H3. The van der Waals surface area contributed by atoms with E-state index in [0.29, 0.717) is 6.04 Å². The first-order valence-corrected chi connectivity index (χ1v) is 8.04. The number of hydrazine groups is 1. The van der Waals surface area contributed by atoms with E-state index >= 15 is 0 Å². The van der Waals surface area contributed by atoms with E-state index in [0.717, 1.165) is 10.9 Å². The Morgan fingerprint density at radius 3 is 2.58 bits per heavy atom. The van der Waals surface area contributed by atoms with E-state index in [1.807, 2.05) is 6.20 Å². The van der Waals surface area contributed by atoms with Gasteiger partial charge in [-0.2, -0.15) is 5.10 Å². The average Bonchev–Trinajstić information content (AvgIpc) is 2.99. The van der Waals surface area contributed by atoms with E-state index < -0.39 is 0 Å². The molecule has 0 amide bonds. The van der Waals surface area contributed by atoms with Crippen molar-refractivity contribution >= 4 is 15.9 Å². The van der Waals surface area contributed by atoms with Gasteiger partial charge < -0.3 is 0 Å². The fourth-order valence-corrected chi connectivity index (χ4v) is 4.01. The molecular formula is C14H25BrN4. The number of nitrogens with one attached hydrogen (secondary N) is 1. The fraction of sp³-hybridized carbons (Fsp3) is 0.786. The largest absolute Gasteiger partial charge is 0.271 e. The monoisotopic (exact) mass is 328 g/mol. The van der Waals surface area contributed by atoms with Crippen molar-refractivity contribution < 1.29 is 0 Å². The highest BCUT2D eigenvalue weighted by Gasteiger charge is 2.42. The number of rotatable bonds is 5. The Balaban J connectivity index is 2.44. The van der Waals surface area contributed by atoms with Gasteiger partial charge in [-0.3, -0.25) is 16.0 Å². The van der Waals surface area contributed by atoms with Gasteiger partial charge in [0.25, 0.3) is 0 Å². The lowest BCUT2D eigenvalue weighted by molar-refractivity contribution is 0.177. The summed E-state index contributed by atoms with van der Waals surface area (Å²) >= 11 is 3.65. The van der Waals surface area contributed by atoms with Gasteiger partial charge in [-0.15, -0.1) is 0 Å². The maximum atomic E-state index is 5.93. The molecule has 3 N–H and O–H groups in total. The molecule has 1 saturated carbocycles. The maximum Gasteiger partial charge on any atom is 0.0717 e. The lowest BCUT2D eigenvalue weighted by Gasteiger charge is -2.37. The molecule has 0 radical (unpaired) electrons. The number of hydrogen-bond acceptors (Lipinski definition) is 3. The zero-order chi connectivity index (χ0) is 14.0. The molecule has 1 aliphatic rings. The van der Waals surface area contributed by atoms with Gasteiger partial charge in [-0.1, -0.05) is 19.8 Å². The summed E-state index contributed by atoms with van der Waals surface area (Å²) in [5, 5.41) is 4.50. The molecule has 5 heteroatoms. The molecule has 1 fully saturated rings. The molecular weight excluding hydrogens is 304 g/mol. The Labute approximate surface area is 124 Å². The van der Waals surface area contributed by atoms with E-state index in [4.69, 9.17) is 5.84 Å². The zero-order valence-electron chi connectivity index (χ0n) is 12.1. The van der Waals surface area contributed by atoms with Gasteiger partial charge in [-0.25, -0.2) is 0 Å². The summed E-state index contributed by atoms with van der Waals surface area (Å²) in [6, 6.07) is 0.506. The van der Waals surface area contributed by atoms with Crippen molar-refractivity contribution in [3.63, 3.8) is 0 Å². The average molecular weight is 329 g/mol. The first kappa shape index (κ1) is 15.0. The number of aromatic nitrogens is 2. The Hall–Kier alpha value is -0.390. The van der Waals surface area contributed by atoms with Crippen LogP contribution >= 0.6 is 15.9 Å². The maximum absolute atomic E-state index is 5.93. The van der Waals surface area contributed by atoms with Crippen molar-refractivity contribution in [2.45, 2.75) is 65.0 Å². The van der Waals surface area contributed by atoms with Crippen LogP contribution in [0.2, 0.25) is 0 Å². The zero-order valence-corrected chi connectivity index (χ0v) is 13.7. The summed E-state index contributed by atoms with van der Waals surface area (Å²) in [5.41, 5.74) is 4.55. The second kappa shape index (κ2) is 5.94. The van der Waals surface area contributed by atoms with Crippen molar-refractivity contribution in [1.82, 2.24) is 15.2 Å². The third-order valence-electron chi connectivity index (χ3n) is 4.63. The van der Waals surface area contributed by atoms with E-state index in [9.17, 15) is 0 Å². The summed E-state index contributed by atoms with van der Waals surface area (Å²) < 4.78 is 3.15. The molecule has 19 heavy (non-hydrogen) atoms. The molecule has 1 aromatic rings. The van der Waals surface area contributed by atoms with Crippen molar-refractivity contribution in [3.8, 4) is 0 Å². The van der Waals surface area contributed by atoms with Gasteiger partial charge in [0.1, 0.15) is 0 Å². The molecule has 1 heterocycles. The van der Waals surface area contributed by atoms with Crippen LogP contribution in [0.5, 0.6) is 0 Å². The van der Waals surface area contributed by atoms with E-state index in [-0.39, 0.29) is 11.5 Å². The quantitative estimate of drug-likeness (QED) is 0.640. The number of halogens is 1. The molecule has 0 spiro atoms. The van der Waals surface area contributed by atoms with Crippen LogP contribution in [-0.4, -0.2) is 9.78 Å². The van der Waals surface area contributed by atoms with Crippen molar-refractivity contribution in [1.29, 1.82) is 0 Å². The van der Waals surface area contributed by atoms with Crippen molar-refractivity contribution in [3.05, 3.63) is 16.4 Å². The Bertz CT molecular complexity index is 421. The Morgan fingerprint density at radius 2 is 2.11 bits per heavy atom. The van der Waals surface area contributed by atoms with Crippen LogP contribution in [0.3, 0.4) is 0 Å². The van der Waals surface area contributed by atoms with Crippen LogP contribution in [0.15, 0.2) is 10.7 Å².